The van der Waals surface area contributed by atoms with Gasteiger partial charge in [0.15, 0.2) is 0 Å². The molecular weight excluding hydrogens is 396 g/mol. The van der Waals surface area contributed by atoms with Crippen molar-refractivity contribution >= 4 is 23.4 Å². The van der Waals surface area contributed by atoms with Crippen LogP contribution in [0.15, 0.2) is 28.0 Å². The van der Waals surface area contributed by atoms with Gasteiger partial charge >= 0.3 is 5.69 Å². The number of nitrogens with zero attached hydrogens (tertiary/aromatic N) is 3. The molecule has 0 fully saturated rings. The molecule has 1 aliphatic rings. The van der Waals surface area contributed by atoms with Gasteiger partial charge in [-0.25, -0.2) is 4.79 Å². The summed E-state index contributed by atoms with van der Waals surface area (Å²) in [5, 5.41) is 3.68. The molecule has 1 aliphatic carbocycles. The first-order valence-corrected chi connectivity index (χ1v) is 11.6. The Bertz CT molecular complexity index is 968. The van der Waals surface area contributed by atoms with Crippen LogP contribution in [0.1, 0.15) is 41.6 Å². The molecule has 0 spiro atoms. The van der Waals surface area contributed by atoms with E-state index in [0.29, 0.717) is 6.54 Å². The van der Waals surface area contributed by atoms with E-state index in [9.17, 15) is 9.59 Å². The van der Waals surface area contributed by atoms with Crippen LogP contribution < -0.4 is 11.0 Å². The number of nitrogens with one attached hydrogen (secondary N) is 1. The van der Waals surface area contributed by atoms with Gasteiger partial charge in [0, 0.05) is 23.5 Å². The molecule has 0 aliphatic heterocycles. The second-order valence-electron chi connectivity index (χ2n) is 8.28. The number of benzene rings is 1. The number of hydrogen-bond donors (Lipinski definition) is 1. The summed E-state index contributed by atoms with van der Waals surface area (Å²) in [5.74, 6) is 0.168. The van der Waals surface area contributed by atoms with E-state index in [1.165, 1.54) is 17.3 Å². The van der Waals surface area contributed by atoms with Crippen molar-refractivity contribution in [1.82, 2.24) is 14.5 Å². The Morgan fingerprint density at radius 1 is 1.20 bits per heavy atom. The zero-order valence-electron chi connectivity index (χ0n) is 18.5. The molecule has 1 aromatic heterocycles. The first kappa shape index (κ1) is 22.6. The molecule has 0 bridgehead atoms. The van der Waals surface area contributed by atoms with Gasteiger partial charge in [0.25, 0.3) is 0 Å². The van der Waals surface area contributed by atoms with Gasteiger partial charge in [-0.2, -0.15) is 4.98 Å². The molecular formula is C23H32N4O2S. The molecule has 0 saturated carbocycles. The average Bonchev–Trinajstić information content (AvgIpc) is 2.70. The smallest absolute Gasteiger partial charge is 0.325 e. The third-order valence-electron chi connectivity index (χ3n) is 5.57. The van der Waals surface area contributed by atoms with Crippen LogP contribution >= 0.6 is 11.8 Å². The van der Waals surface area contributed by atoms with Crippen molar-refractivity contribution in [3.05, 3.63) is 51.1 Å². The van der Waals surface area contributed by atoms with Crippen molar-refractivity contribution < 1.29 is 4.79 Å². The number of carbonyl (C=O) groups excluding carboxylic acids is 1. The molecule has 2 aromatic rings. The van der Waals surface area contributed by atoms with E-state index in [1.54, 1.807) is 0 Å². The Hall–Kier alpha value is -2.12. The number of anilines is 1. The number of amides is 1. The SMILES string of the molecule is Cc1ccc(NC(=O)CSc2nc(=O)n(CCCN(C)C)c3c2CCCC3)cc1C. The van der Waals surface area contributed by atoms with Gasteiger partial charge in [0.2, 0.25) is 5.91 Å². The lowest BCUT2D eigenvalue weighted by Crippen LogP contribution is -2.31. The van der Waals surface area contributed by atoms with Gasteiger partial charge in [-0.3, -0.25) is 9.36 Å². The number of aryl methyl sites for hydroxylation is 2. The Labute approximate surface area is 183 Å². The van der Waals surface area contributed by atoms with Crippen molar-refractivity contribution in [3.63, 3.8) is 0 Å². The fraction of sp³-hybridized carbons (Fsp3) is 0.522. The number of hydrogen-bond acceptors (Lipinski definition) is 5. The lowest BCUT2D eigenvalue weighted by atomic mass is 9.97. The summed E-state index contributed by atoms with van der Waals surface area (Å²) in [6.45, 7) is 5.72. The number of rotatable bonds is 8. The normalized spacial score (nSPS) is 13.4. The van der Waals surface area contributed by atoms with Crippen LogP contribution in [0, 0.1) is 13.8 Å². The summed E-state index contributed by atoms with van der Waals surface area (Å²) in [6, 6.07) is 5.90. The van der Waals surface area contributed by atoms with Crippen molar-refractivity contribution in [2.45, 2.75) is 57.5 Å². The van der Waals surface area contributed by atoms with E-state index in [4.69, 9.17) is 0 Å². The number of thioether (sulfide) groups is 1. The molecule has 0 saturated heterocycles. The molecule has 3 rings (SSSR count). The van der Waals surface area contributed by atoms with E-state index in [0.717, 1.165) is 66.2 Å². The standard InChI is InChI=1S/C23H32N4O2S/c1-16-10-11-18(14-17(16)2)24-21(28)15-30-22-19-8-5-6-9-20(19)27(23(29)25-22)13-7-12-26(3)4/h10-11,14H,5-9,12-13,15H2,1-4H3,(H,24,28). The quantitative estimate of drug-likeness (QED) is 0.515. The molecule has 1 N–H and O–H groups in total. The zero-order valence-corrected chi connectivity index (χ0v) is 19.3. The fourth-order valence-corrected chi connectivity index (χ4v) is 4.67. The van der Waals surface area contributed by atoms with Gasteiger partial charge < -0.3 is 10.2 Å². The first-order chi connectivity index (χ1) is 14.3. The average molecular weight is 429 g/mol. The van der Waals surface area contributed by atoms with E-state index >= 15 is 0 Å². The predicted molar refractivity (Wildman–Crippen MR) is 124 cm³/mol. The lowest BCUT2D eigenvalue weighted by Gasteiger charge is -2.23. The highest BCUT2D eigenvalue weighted by molar-refractivity contribution is 8.00. The van der Waals surface area contributed by atoms with Gasteiger partial charge in [0.05, 0.1) is 5.75 Å². The van der Waals surface area contributed by atoms with E-state index in [2.05, 4.69) is 15.2 Å². The Morgan fingerprint density at radius 3 is 2.70 bits per heavy atom. The largest absolute Gasteiger partial charge is 0.348 e. The van der Waals surface area contributed by atoms with Crippen LogP contribution in [-0.4, -0.2) is 46.8 Å². The van der Waals surface area contributed by atoms with E-state index in [-0.39, 0.29) is 17.3 Å². The van der Waals surface area contributed by atoms with Crippen LogP contribution in [0.2, 0.25) is 0 Å². The Morgan fingerprint density at radius 2 is 1.97 bits per heavy atom. The molecule has 162 valence electrons. The first-order valence-electron chi connectivity index (χ1n) is 10.6. The maximum atomic E-state index is 12.7. The van der Waals surface area contributed by atoms with Crippen LogP contribution in [0.25, 0.3) is 0 Å². The van der Waals surface area contributed by atoms with E-state index in [1.807, 2.05) is 50.7 Å². The zero-order chi connectivity index (χ0) is 21.7. The van der Waals surface area contributed by atoms with E-state index < -0.39 is 0 Å². The lowest BCUT2D eigenvalue weighted by molar-refractivity contribution is -0.113. The minimum Gasteiger partial charge on any atom is -0.325 e. The Kier molecular flexibility index (Phi) is 7.72. The molecule has 7 heteroatoms. The highest BCUT2D eigenvalue weighted by Crippen LogP contribution is 2.28. The fourth-order valence-electron chi connectivity index (χ4n) is 3.79. The number of aromatic nitrogens is 2. The third-order valence-corrected chi connectivity index (χ3v) is 6.59. The second kappa shape index (κ2) is 10.3. The van der Waals surface area contributed by atoms with Crippen LogP contribution in [0.4, 0.5) is 5.69 Å². The van der Waals surface area contributed by atoms with Crippen LogP contribution in [-0.2, 0) is 24.2 Å². The monoisotopic (exact) mass is 428 g/mol. The van der Waals surface area contributed by atoms with Gasteiger partial charge in [-0.15, -0.1) is 0 Å². The van der Waals surface area contributed by atoms with Crippen molar-refractivity contribution in [1.29, 1.82) is 0 Å². The minimum atomic E-state index is -0.188. The summed E-state index contributed by atoms with van der Waals surface area (Å²) in [5.41, 5.74) is 5.24. The third kappa shape index (κ3) is 5.73. The predicted octanol–water partition coefficient (Wildman–Crippen LogP) is 3.42. The maximum absolute atomic E-state index is 12.7. The minimum absolute atomic E-state index is 0.0789. The second-order valence-corrected chi connectivity index (χ2v) is 9.24. The van der Waals surface area contributed by atoms with Crippen LogP contribution in [0.5, 0.6) is 0 Å². The van der Waals surface area contributed by atoms with Gasteiger partial charge in [-0.05, 0) is 89.9 Å². The molecule has 1 heterocycles. The molecule has 0 unspecified atom stereocenters. The van der Waals surface area contributed by atoms with Crippen molar-refractivity contribution in [2.75, 3.05) is 31.7 Å². The molecule has 0 atom stereocenters. The maximum Gasteiger partial charge on any atom is 0.348 e. The summed E-state index contributed by atoms with van der Waals surface area (Å²) in [7, 11) is 4.08. The molecule has 1 aromatic carbocycles. The summed E-state index contributed by atoms with van der Waals surface area (Å²) >= 11 is 1.38. The molecule has 1 amide bonds. The Balaban J connectivity index is 1.71. The molecule has 0 radical (unpaired) electrons. The highest BCUT2D eigenvalue weighted by Gasteiger charge is 2.21. The number of carbonyl (C=O) groups is 1. The summed E-state index contributed by atoms with van der Waals surface area (Å²) in [6.07, 6.45) is 4.97. The highest BCUT2D eigenvalue weighted by atomic mass is 32.2. The molecule has 30 heavy (non-hydrogen) atoms. The summed E-state index contributed by atoms with van der Waals surface area (Å²) in [4.78, 5) is 31.7. The van der Waals surface area contributed by atoms with Crippen molar-refractivity contribution in [2.24, 2.45) is 0 Å². The van der Waals surface area contributed by atoms with Gasteiger partial charge in [-0.1, -0.05) is 17.8 Å². The van der Waals surface area contributed by atoms with Crippen molar-refractivity contribution in [3.8, 4) is 0 Å². The molecule has 6 nitrogen and oxygen atoms in total. The van der Waals surface area contributed by atoms with Gasteiger partial charge in [0.1, 0.15) is 5.03 Å². The summed E-state index contributed by atoms with van der Waals surface area (Å²) < 4.78 is 1.86. The van der Waals surface area contributed by atoms with Crippen LogP contribution in [0.3, 0.4) is 0 Å². The topological polar surface area (TPSA) is 67.2 Å². The number of fused-ring (bicyclic) bond motifs is 1.